The molecule has 0 saturated carbocycles. The van der Waals surface area contributed by atoms with E-state index in [2.05, 4.69) is 66.9 Å². The summed E-state index contributed by atoms with van der Waals surface area (Å²) in [6, 6.07) is 19.7. The highest BCUT2D eigenvalue weighted by Crippen LogP contribution is 2.28. The van der Waals surface area contributed by atoms with Gasteiger partial charge in [0.15, 0.2) is 0 Å². The first-order valence-electron chi connectivity index (χ1n) is 5.87. The first-order chi connectivity index (χ1) is 8.34. The molecule has 0 radical (unpaired) electrons. The second kappa shape index (κ2) is 4.34. The van der Waals surface area contributed by atoms with Crippen molar-refractivity contribution < 1.29 is 0 Å². The van der Waals surface area contributed by atoms with E-state index in [1.54, 1.807) is 11.3 Å². The van der Waals surface area contributed by atoms with Crippen molar-refractivity contribution in [3.63, 3.8) is 0 Å². The predicted octanol–water partition coefficient (Wildman–Crippen LogP) is 5.05. The Bertz CT molecular complexity index is 622. The summed E-state index contributed by atoms with van der Waals surface area (Å²) < 4.78 is 1.37. The van der Waals surface area contributed by atoms with E-state index < -0.39 is 0 Å². The Balaban J connectivity index is 2.03. The van der Waals surface area contributed by atoms with E-state index >= 15 is 0 Å². The number of hydrogen-bond donors (Lipinski definition) is 0. The monoisotopic (exact) mass is 238 g/mol. The minimum Gasteiger partial charge on any atom is -0.144 e. The summed E-state index contributed by atoms with van der Waals surface area (Å²) in [4.78, 5) is 0. The quantitative estimate of drug-likeness (QED) is 0.586. The molecule has 0 spiro atoms. The SMILES string of the molecule is C[C@@H](c1ccccc1)c1ccc2sccc2c1. The lowest BCUT2D eigenvalue weighted by atomic mass is 9.93. The summed E-state index contributed by atoms with van der Waals surface area (Å²) in [5.41, 5.74) is 2.77. The Labute approximate surface area is 106 Å². The third-order valence-corrected chi connectivity index (χ3v) is 4.17. The van der Waals surface area contributed by atoms with Crippen molar-refractivity contribution in [1.29, 1.82) is 0 Å². The van der Waals surface area contributed by atoms with E-state index in [4.69, 9.17) is 0 Å². The van der Waals surface area contributed by atoms with Crippen LogP contribution in [0.5, 0.6) is 0 Å². The molecule has 84 valence electrons. The van der Waals surface area contributed by atoms with Crippen LogP contribution in [0.25, 0.3) is 10.1 Å². The Morgan fingerprint density at radius 1 is 0.882 bits per heavy atom. The molecule has 0 fully saturated rings. The van der Waals surface area contributed by atoms with Gasteiger partial charge in [-0.25, -0.2) is 0 Å². The molecule has 1 aromatic heterocycles. The van der Waals surface area contributed by atoms with Crippen molar-refractivity contribution >= 4 is 21.4 Å². The van der Waals surface area contributed by atoms with Gasteiger partial charge in [-0.1, -0.05) is 43.3 Å². The van der Waals surface area contributed by atoms with Crippen LogP contribution in [0.1, 0.15) is 24.0 Å². The zero-order chi connectivity index (χ0) is 11.7. The molecule has 1 heterocycles. The van der Waals surface area contributed by atoms with E-state index in [9.17, 15) is 0 Å². The molecule has 0 bridgehead atoms. The van der Waals surface area contributed by atoms with Crippen molar-refractivity contribution in [2.45, 2.75) is 12.8 Å². The van der Waals surface area contributed by atoms with E-state index in [-0.39, 0.29) is 0 Å². The Hall–Kier alpha value is -1.60. The van der Waals surface area contributed by atoms with Crippen LogP contribution in [0.3, 0.4) is 0 Å². The van der Waals surface area contributed by atoms with E-state index in [0.717, 1.165) is 0 Å². The topological polar surface area (TPSA) is 0 Å². The zero-order valence-electron chi connectivity index (χ0n) is 9.76. The molecular weight excluding hydrogens is 224 g/mol. The van der Waals surface area contributed by atoms with Crippen LogP contribution in [0, 0.1) is 0 Å². The fourth-order valence-electron chi connectivity index (χ4n) is 2.19. The number of rotatable bonds is 2. The highest BCUT2D eigenvalue weighted by molar-refractivity contribution is 7.17. The lowest BCUT2D eigenvalue weighted by Gasteiger charge is -2.12. The number of benzene rings is 2. The van der Waals surface area contributed by atoms with E-state index in [0.29, 0.717) is 5.92 Å². The molecule has 0 aliphatic rings. The molecule has 0 aliphatic carbocycles. The molecule has 0 aliphatic heterocycles. The summed E-state index contributed by atoms with van der Waals surface area (Å²) in [6.45, 7) is 2.27. The number of thiophene rings is 1. The summed E-state index contributed by atoms with van der Waals surface area (Å²) in [7, 11) is 0. The number of fused-ring (bicyclic) bond motifs is 1. The van der Waals surface area contributed by atoms with Crippen molar-refractivity contribution in [2.75, 3.05) is 0 Å². The third-order valence-electron chi connectivity index (χ3n) is 3.28. The smallest absolute Gasteiger partial charge is 0.0342 e. The molecule has 2 aromatic carbocycles. The highest BCUT2D eigenvalue weighted by Gasteiger charge is 2.08. The second-order valence-electron chi connectivity index (χ2n) is 4.35. The van der Waals surface area contributed by atoms with Crippen LogP contribution in [0.4, 0.5) is 0 Å². The molecule has 0 N–H and O–H groups in total. The molecule has 0 unspecified atom stereocenters. The Morgan fingerprint density at radius 3 is 2.53 bits per heavy atom. The lowest BCUT2D eigenvalue weighted by molar-refractivity contribution is 0.925. The lowest BCUT2D eigenvalue weighted by Crippen LogP contribution is -1.94. The Morgan fingerprint density at radius 2 is 1.71 bits per heavy atom. The summed E-state index contributed by atoms with van der Waals surface area (Å²) in [6.07, 6.45) is 0. The molecule has 0 nitrogen and oxygen atoms in total. The van der Waals surface area contributed by atoms with Crippen LogP contribution in [-0.4, -0.2) is 0 Å². The van der Waals surface area contributed by atoms with Gasteiger partial charge in [-0.3, -0.25) is 0 Å². The van der Waals surface area contributed by atoms with Gasteiger partial charge in [0.25, 0.3) is 0 Å². The van der Waals surface area contributed by atoms with Crippen molar-refractivity contribution in [3.05, 3.63) is 71.1 Å². The maximum absolute atomic E-state index is 2.31. The predicted molar refractivity (Wildman–Crippen MR) is 75.8 cm³/mol. The van der Waals surface area contributed by atoms with Gasteiger partial charge in [0.2, 0.25) is 0 Å². The molecule has 17 heavy (non-hydrogen) atoms. The standard InChI is InChI=1S/C16H14S/c1-12(13-5-3-2-4-6-13)14-7-8-16-15(11-14)9-10-17-16/h2-12H,1H3/t12-/m0/s1. The van der Waals surface area contributed by atoms with Gasteiger partial charge in [-0.2, -0.15) is 0 Å². The first kappa shape index (κ1) is 10.5. The first-order valence-corrected chi connectivity index (χ1v) is 6.74. The average Bonchev–Trinajstić information content (AvgIpc) is 2.86. The van der Waals surface area contributed by atoms with Crippen LogP contribution >= 0.6 is 11.3 Å². The van der Waals surface area contributed by atoms with Crippen LogP contribution in [0.2, 0.25) is 0 Å². The zero-order valence-corrected chi connectivity index (χ0v) is 10.6. The third kappa shape index (κ3) is 1.98. The molecule has 0 amide bonds. The molecular formula is C16H14S. The van der Waals surface area contributed by atoms with Crippen molar-refractivity contribution in [2.24, 2.45) is 0 Å². The molecule has 3 rings (SSSR count). The van der Waals surface area contributed by atoms with Crippen LogP contribution < -0.4 is 0 Å². The summed E-state index contributed by atoms with van der Waals surface area (Å²) in [5.74, 6) is 0.459. The minimum absolute atomic E-state index is 0.459. The van der Waals surface area contributed by atoms with Gasteiger partial charge < -0.3 is 0 Å². The summed E-state index contributed by atoms with van der Waals surface area (Å²) in [5, 5.41) is 3.51. The second-order valence-corrected chi connectivity index (χ2v) is 5.30. The fourth-order valence-corrected chi connectivity index (χ4v) is 2.96. The fraction of sp³-hybridized carbons (Fsp3) is 0.125. The normalized spacial score (nSPS) is 12.8. The molecule has 1 heteroatoms. The van der Waals surface area contributed by atoms with Gasteiger partial charge in [0.1, 0.15) is 0 Å². The minimum atomic E-state index is 0.459. The molecule has 0 saturated heterocycles. The van der Waals surface area contributed by atoms with Gasteiger partial charge in [-0.05, 0) is 40.1 Å². The summed E-state index contributed by atoms with van der Waals surface area (Å²) >= 11 is 1.80. The number of hydrogen-bond acceptors (Lipinski definition) is 1. The van der Waals surface area contributed by atoms with Gasteiger partial charge >= 0.3 is 0 Å². The maximum Gasteiger partial charge on any atom is 0.0342 e. The van der Waals surface area contributed by atoms with E-state index in [1.807, 2.05) is 0 Å². The van der Waals surface area contributed by atoms with Crippen LogP contribution in [0.15, 0.2) is 60.0 Å². The van der Waals surface area contributed by atoms with Crippen molar-refractivity contribution in [3.8, 4) is 0 Å². The average molecular weight is 238 g/mol. The van der Waals surface area contributed by atoms with E-state index in [1.165, 1.54) is 21.2 Å². The van der Waals surface area contributed by atoms with Gasteiger partial charge in [-0.15, -0.1) is 11.3 Å². The van der Waals surface area contributed by atoms with Gasteiger partial charge in [0, 0.05) is 10.6 Å². The van der Waals surface area contributed by atoms with Crippen LogP contribution in [-0.2, 0) is 0 Å². The molecule has 1 atom stereocenters. The maximum atomic E-state index is 2.31. The highest BCUT2D eigenvalue weighted by atomic mass is 32.1. The van der Waals surface area contributed by atoms with Crippen molar-refractivity contribution in [1.82, 2.24) is 0 Å². The largest absolute Gasteiger partial charge is 0.144 e. The van der Waals surface area contributed by atoms with Gasteiger partial charge in [0.05, 0.1) is 0 Å². The molecule has 3 aromatic rings. The Kier molecular flexibility index (Phi) is 2.69.